The minimum Gasteiger partial charge on any atom is -0.497 e. The number of benzene rings is 2. The second-order valence-corrected chi connectivity index (χ2v) is 5.93. The molecular formula is C20H24N2O3. The van der Waals surface area contributed by atoms with Gasteiger partial charge in [0, 0.05) is 17.3 Å². The van der Waals surface area contributed by atoms with Crippen LogP contribution in [0.15, 0.2) is 48.5 Å². The molecule has 0 radical (unpaired) electrons. The average Bonchev–Trinajstić information content (AvgIpc) is 2.62. The number of carbonyl (C=O) groups excluding carboxylic acids is 2. The number of nitrogens with one attached hydrogen (secondary N) is 2. The minimum absolute atomic E-state index is 0.106. The van der Waals surface area contributed by atoms with Gasteiger partial charge < -0.3 is 15.4 Å². The SMILES string of the molecule is CC[C@H](C)NC(=O)c1ccc(NC(=O)Cc2ccc(OC)cc2)cc1. The zero-order valence-electron chi connectivity index (χ0n) is 14.8. The lowest BCUT2D eigenvalue weighted by molar-refractivity contribution is -0.115. The van der Waals surface area contributed by atoms with Crippen molar-refractivity contribution in [3.8, 4) is 5.75 Å². The average molecular weight is 340 g/mol. The van der Waals surface area contributed by atoms with Gasteiger partial charge >= 0.3 is 0 Å². The fraction of sp³-hybridized carbons (Fsp3) is 0.300. The monoisotopic (exact) mass is 340 g/mol. The molecule has 0 heterocycles. The summed E-state index contributed by atoms with van der Waals surface area (Å²) in [5.74, 6) is 0.544. The Labute approximate surface area is 148 Å². The van der Waals surface area contributed by atoms with E-state index in [4.69, 9.17) is 4.74 Å². The lowest BCUT2D eigenvalue weighted by Crippen LogP contribution is -2.31. The van der Waals surface area contributed by atoms with Crippen molar-refractivity contribution in [1.29, 1.82) is 0 Å². The molecule has 0 fully saturated rings. The van der Waals surface area contributed by atoms with E-state index in [0.29, 0.717) is 11.3 Å². The molecule has 1 atom stereocenters. The van der Waals surface area contributed by atoms with Crippen LogP contribution in [0.1, 0.15) is 36.2 Å². The summed E-state index contributed by atoms with van der Waals surface area (Å²) in [5.41, 5.74) is 2.15. The van der Waals surface area contributed by atoms with Gasteiger partial charge in [0.05, 0.1) is 13.5 Å². The summed E-state index contributed by atoms with van der Waals surface area (Å²) in [6.07, 6.45) is 1.16. The van der Waals surface area contributed by atoms with Crippen LogP contribution in [0.25, 0.3) is 0 Å². The van der Waals surface area contributed by atoms with Crippen LogP contribution < -0.4 is 15.4 Å². The van der Waals surface area contributed by atoms with E-state index in [1.54, 1.807) is 31.4 Å². The quantitative estimate of drug-likeness (QED) is 0.812. The summed E-state index contributed by atoms with van der Waals surface area (Å²) in [6, 6.07) is 14.4. The maximum atomic E-state index is 12.1. The van der Waals surface area contributed by atoms with Gasteiger partial charge in [0.2, 0.25) is 5.91 Å². The number of ether oxygens (including phenoxy) is 1. The number of methoxy groups -OCH3 is 1. The van der Waals surface area contributed by atoms with Crippen molar-refractivity contribution in [3.63, 3.8) is 0 Å². The predicted octanol–water partition coefficient (Wildman–Crippen LogP) is 3.40. The molecule has 5 heteroatoms. The van der Waals surface area contributed by atoms with Crippen molar-refractivity contribution in [1.82, 2.24) is 5.32 Å². The van der Waals surface area contributed by atoms with E-state index in [1.165, 1.54) is 0 Å². The lowest BCUT2D eigenvalue weighted by Gasteiger charge is -2.12. The summed E-state index contributed by atoms with van der Waals surface area (Å²) < 4.78 is 5.10. The molecule has 0 aliphatic rings. The number of hydrogen-bond donors (Lipinski definition) is 2. The summed E-state index contributed by atoms with van der Waals surface area (Å²) in [5, 5.41) is 5.75. The third kappa shape index (κ3) is 5.64. The molecule has 0 bridgehead atoms. The Bertz CT molecular complexity index is 709. The second kappa shape index (κ2) is 8.87. The summed E-state index contributed by atoms with van der Waals surface area (Å²) in [6.45, 7) is 3.98. The second-order valence-electron chi connectivity index (χ2n) is 5.93. The largest absolute Gasteiger partial charge is 0.497 e. The summed E-state index contributed by atoms with van der Waals surface area (Å²) in [7, 11) is 1.61. The van der Waals surface area contributed by atoms with Crippen LogP contribution in [0, 0.1) is 0 Å². The standard InChI is InChI=1S/C20H24N2O3/c1-4-14(2)21-20(24)16-7-9-17(10-8-16)22-19(23)13-15-5-11-18(25-3)12-6-15/h5-12,14H,4,13H2,1-3H3,(H,21,24)(H,22,23)/t14-/m0/s1. The molecule has 0 spiro atoms. The van der Waals surface area contributed by atoms with E-state index in [9.17, 15) is 9.59 Å². The van der Waals surface area contributed by atoms with Crippen molar-refractivity contribution < 1.29 is 14.3 Å². The number of rotatable bonds is 7. The maximum absolute atomic E-state index is 12.1. The third-order valence-corrected chi connectivity index (χ3v) is 3.94. The lowest BCUT2D eigenvalue weighted by atomic mass is 10.1. The molecule has 0 aliphatic carbocycles. The first kappa shape index (κ1) is 18.5. The van der Waals surface area contributed by atoms with Gasteiger partial charge in [-0.05, 0) is 55.3 Å². The highest BCUT2D eigenvalue weighted by Crippen LogP contribution is 2.14. The van der Waals surface area contributed by atoms with E-state index in [-0.39, 0.29) is 24.3 Å². The molecule has 0 saturated carbocycles. The normalized spacial score (nSPS) is 11.5. The zero-order chi connectivity index (χ0) is 18.2. The van der Waals surface area contributed by atoms with Crippen molar-refractivity contribution >= 4 is 17.5 Å². The minimum atomic E-state index is -0.109. The first-order chi connectivity index (χ1) is 12.0. The van der Waals surface area contributed by atoms with Crippen molar-refractivity contribution in [2.75, 3.05) is 12.4 Å². The van der Waals surface area contributed by atoms with Crippen LogP contribution in [-0.4, -0.2) is 25.0 Å². The highest BCUT2D eigenvalue weighted by molar-refractivity contribution is 5.96. The highest BCUT2D eigenvalue weighted by Gasteiger charge is 2.09. The zero-order valence-corrected chi connectivity index (χ0v) is 14.8. The topological polar surface area (TPSA) is 67.4 Å². The third-order valence-electron chi connectivity index (χ3n) is 3.94. The Balaban J connectivity index is 1.91. The van der Waals surface area contributed by atoms with E-state index in [2.05, 4.69) is 10.6 Å². The van der Waals surface area contributed by atoms with Gasteiger partial charge in [0.15, 0.2) is 0 Å². The van der Waals surface area contributed by atoms with Crippen LogP contribution >= 0.6 is 0 Å². The summed E-state index contributed by atoms with van der Waals surface area (Å²) in [4.78, 5) is 24.2. The van der Waals surface area contributed by atoms with Gasteiger partial charge in [-0.15, -0.1) is 0 Å². The van der Waals surface area contributed by atoms with E-state index in [0.717, 1.165) is 17.7 Å². The van der Waals surface area contributed by atoms with Gasteiger partial charge in [-0.3, -0.25) is 9.59 Å². The van der Waals surface area contributed by atoms with E-state index < -0.39 is 0 Å². The maximum Gasteiger partial charge on any atom is 0.251 e. The molecule has 132 valence electrons. The van der Waals surface area contributed by atoms with Gasteiger partial charge in [0.25, 0.3) is 5.91 Å². The molecule has 2 N–H and O–H groups in total. The predicted molar refractivity (Wildman–Crippen MR) is 99.0 cm³/mol. The molecule has 0 unspecified atom stereocenters. The molecule has 0 aromatic heterocycles. The van der Waals surface area contributed by atoms with Gasteiger partial charge in [-0.25, -0.2) is 0 Å². The molecule has 25 heavy (non-hydrogen) atoms. The Morgan fingerprint density at radius 2 is 1.68 bits per heavy atom. The molecule has 2 aromatic rings. The fourth-order valence-electron chi connectivity index (χ4n) is 2.25. The fourth-order valence-corrected chi connectivity index (χ4v) is 2.25. The molecule has 5 nitrogen and oxygen atoms in total. The number of anilines is 1. The number of amides is 2. The molecular weight excluding hydrogens is 316 g/mol. The Morgan fingerprint density at radius 3 is 2.24 bits per heavy atom. The first-order valence-electron chi connectivity index (χ1n) is 8.35. The van der Waals surface area contributed by atoms with E-state index in [1.807, 2.05) is 38.1 Å². The Kier molecular flexibility index (Phi) is 6.57. The van der Waals surface area contributed by atoms with Crippen LogP contribution in [0.3, 0.4) is 0 Å². The van der Waals surface area contributed by atoms with Crippen molar-refractivity contribution in [2.24, 2.45) is 0 Å². The van der Waals surface area contributed by atoms with Crippen LogP contribution in [-0.2, 0) is 11.2 Å². The van der Waals surface area contributed by atoms with Gasteiger partial charge in [0.1, 0.15) is 5.75 Å². The van der Waals surface area contributed by atoms with Crippen LogP contribution in [0.5, 0.6) is 5.75 Å². The number of hydrogen-bond acceptors (Lipinski definition) is 3. The summed E-state index contributed by atoms with van der Waals surface area (Å²) >= 11 is 0. The molecule has 2 rings (SSSR count). The Hall–Kier alpha value is -2.82. The molecule has 2 aromatic carbocycles. The highest BCUT2D eigenvalue weighted by atomic mass is 16.5. The molecule has 0 aliphatic heterocycles. The Morgan fingerprint density at radius 1 is 1.04 bits per heavy atom. The first-order valence-corrected chi connectivity index (χ1v) is 8.35. The van der Waals surface area contributed by atoms with Gasteiger partial charge in [-0.1, -0.05) is 19.1 Å². The molecule has 2 amide bonds. The van der Waals surface area contributed by atoms with E-state index >= 15 is 0 Å². The van der Waals surface area contributed by atoms with Crippen molar-refractivity contribution in [2.45, 2.75) is 32.7 Å². The van der Waals surface area contributed by atoms with Crippen molar-refractivity contribution in [3.05, 3.63) is 59.7 Å². The smallest absolute Gasteiger partial charge is 0.251 e. The number of carbonyl (C=O) groups is 2. The van der Waals surface area contributed by atoms with Crippen LogP contribution in [0.2, 0.25) is 0 Å². The van der Waals surface area contributed by atoms with Gasteiger partial charge in [-0.2, -0.15) is 0 Å². The van der Waals surface area contributed by atoms with Crippen LogP contribution in [0.4, 0.5) is 5.69 Å². The molecule has 0 saturated heterocycles.